The lowest BCUT2D eigenvalue weighted by atomic mass is 10.3. The highest BCUT2D eigenvalue weighted by atomic mass is 16.5. The maximum absolute atomic E-state index is 8.34. The normalized spacial score (nSPS) is 28.8. The van der Waals surface area contributed by atoms with Crippen molar-refractivity contribution in [2.75, 3.05) is 26.7 Å². The van der Waals surface area contributed by atoms with Gasteiger partial charge in [-0.15, -0.1) is 0 Å². The average Bonchev–Trinajstić information content (AvgIpc) is 2.03. The summed E-state index contributed by atoms with van der Waals surface area (Å²) in [5, 5.41) is 11.2. The molecule has 1 heterocycles. The summed E-state index contributed by atoms with van der Waals surface area (Å²) < 4.78 is 5.24. The van der Waals surface area contributed by atoms with Crippen molar-refractivity contribution in [2.24, 2.45) is 10.9 Å². The van der Waals surface area contributed by atoms with Crippen molar-refractivity contribution in [1.82, 2.24) is 4.90 Å². The lowest BCUT2D eigenvalue weighted by Crippen LogP contribution is -2.46. The molecule has 1 aliphatic rings. The van der Waals surface area contributed by atoms with Gasteiger partial charge in [0.25, 0.3) is 0 Å². The van der Waals surface area contributed by atoms with E-state index in [1.807, 2.05) is 7.05 Å². The van der Waals surface area contributed by atoms with E-state index in [2.05, 4.69) is 10.1 Å². The highest BCUT2D eigenvalue weighted by Gasteiger charge is 2.20. The molecule has 0 aromatic heterocycles. The van der Waals surface area contributed by atoms with Crippen LogP contribution in [0.3, 0.4) is 0 Å². The first-order valence-electron chi connectivity index (χ1n) is 3.51. The second-order valence-electron chi connectivity index (χ2n) is 2.65. The molecule has 0 spiro atoms. The minimum absolute atomic E-state index is 0.150. The number of hydrogen-bond donors (Lipinski definition) is 2. The predicted molar refractivity (Wildman–Crippen MR) is 40.6 cm³/mol. The van der Waals surface area contributed by atoms with Gasteiger partial charge in [-0.2, -0.15) is 0 Å². The fourth-order valence-corrected chi connectivity index (χ4v) is 1.02. The van der Waals surface area contributed by atoms with E-state index in [0.717, 1.165) is 6.54 Å². The number of nitrogens with zero attached hydrogens (tertiary/aromatic N) is 2. The van der Waals surface area contributed by atoms with Crippen LogP contribution in [0.2, 0.25) is 0 Å². The molecule has 3 N–H and O–H groups in total. The van der Waals surface area contributed by atoms with E-state index in [1.54, 1.807) is 0 Å². The number of amidine groups is 1. The maximum atomic E-state index is 8.34. The molecule has 5 nitrogen and oxygen atoms in total. The smallest absolute Gasteiger partial charge is 0.169 e. The molecule has 0 saturated carbocycles. The van der Waals surface area contributed by atoms with Gasteiger partial charge in [0.15, 0.2) is 5.84 Å². The number of ether oxygens (including phenoxy) is 1. The minimum Gasteiger partial charge on any atom is -0.409 e. The van der Waals surface area contributed by atoms with Gasteiger partial charge in [-0.25, -0.2) is 0 Å². The Labute approximate surface area is 65.4 Å². The van der Waals surface area contributed by atoms with Crippen molar-refractivity contribution in [3.8, 4) is 0 Å². The first-order valence-corrected chi connectivity index (χ1v) is 3.51. The Bertz CT molecular complexity index is 160. The molecular formula is C6H13N3O2. The van der Waals surface area contributed by atoms with Crippen molar-refractivity contribution in [3.63, 3.8) is 0 Å². The Hall–Kier alpha value is -0.810. The molecule has 1 saturated heterocycles. The summed E-state index contributed by atoms with van der Waals surface area (Å²) >= 11 is 0. The SMILES string of the molecule is CN1CCO[C@H](/C(N)=N/O)C1. The molecule has 0 aromatic rings. The zero-order chi connectivity index (χ0) is 8.27. The number of morpholine rings is 1. The van der Waals surface area contributed by atoms with E-state index in [0.29, 0.717) is 13.2 Å². The van der Waals surface area contributed by atoms with Crippen LogP contribution in [0.25, 0.3) is 0 Å². The molecule has 0 amide bonds. The molecule has 11 heavy (non-hydrogen) atoms. The summed E-state index contributed by atoms with van der Waals surface area (Å²) in [6.45, 7) is 2.22. The third-order valence-electron chi connectivity index (χ3n) is 1.71. The Morgan fingerprint density at radius 2 is 2.55 bits per heavy atom. The van der Waals surface area contributed by atoms with E-state index in [9.17, 15) is 0 Å². The summed E-state index contributed by atoms with van der Waals surface area (Å²) in [5.74, 6) is 0.150. The van der Waals surface area contributed by atoms with Crippen LogP contribution in [0, 0.1) is 0 Å². The molecular weight excluding hydrogens is 146 g/mol. The molecule has 5 heteroatoms. The van der Waals surface area contributed by atoms with Gasteiger partial charge < -0.3 is 20.6 Å². The van der Waals surface area contributed by atoms with Crippen LogP contribution in [-0.2, 0) is 4.74 Å². The molecule has 1 aliphatic heterocycles. The molecule has 1 fully saturated rings. The molecule has 0 aromatic carbocycles. The second-order valence-corrected chi connectivity index (χ2v) is 2.65. The second kappa shape index (κ2) is 3.54. The van der Waals surface area contributed by atoms with Gasteiger partial charge in [0.2, 0.25) is 0 Å². The van der Waals surface area contributed by atoms with Crippen molar-refractivity contribution < 1.29 is 9.94 Å². The zero-order valence-corrected chi connectivity index (χ0v) is 6.53. The summed E-state index contributed by atoms with van der Waals surface area (Å²) in [4.78, 5) is 2.08. The van der Waals surface area contributed by atoms with E-state index < -0.39 is 0 Å². The average molecular weight is 159 g/mol. The third kappa shape index (κ3) is 2.06. The Morgan fingerprint density at radius 3 is 3.09 bits per heavy atom. The molecule has 1 atom stereocenters. The number of likely N-dealkylation sites (N-methyl/N-ethyl adjacent to an activating group) is 1. The van der Waals surface area contributed by atoms with Crippen LogP contribution < -0.4 is 5.73 Å². The van der Waals surface area contributed by atoms with Crippen LogP contribution in [0.4, 0.5) is 0 Å². The standard InChI is InChI=1S/C6H13N3O2/c1-9-2-3-11-5(4-9)6(7)8-10/h5,10H,2-4H2,1H3,(H2,7,8)/t5-/m0/s1. The van der Waals surface area contributed by atoms with Gasteiger partial charge in [0.1, 0.15) is 6.10 Å². The van der Waals surface area contributed by atoms with Crippen LogP contribution in [0.1, 0.15) is 0 Å². The quantitative estimate of drug-likeness (QED) is 0.224. The lowest BCUT2D eigenvalue weighted by Gasteiger charge is -2.28. The van der Waals surface area contributed by atoms with Crippen molar-refractivity contribution in [2.45, 2.75) is 6.10 Å². The topological polar surface area (TPSA) is 71.1 Å². The first-order chi connectivity index (χ1) is 5.24. The summed E-state index contributed by atoms with van der Waals surface area (Å²) in [5.41, 5.74) is 5.36. The van der Waals surface area contributed by atoms with E-state index in [1.165, 1.54) is 0 Å². The van der Waals surface area contributed by atoms with Crippen LogP contribution >= 0.6 is 0 Å². The van der Waals surface area contributed by atoms with Crippen LogP contribution in [0.5, 0.6) is 0 Å². The highest BCUT2D eigenvalue weighted by molar-refractivity contribution is 5.84. The number of rotatable bonds is 1. The van der Waals surface area contributed by atoms with Gasteiger partial charge in [0.05, 0.1) is 6.61 Å². The van der Waals surface area contributed by atoms with Gasteiger partial charge in [-0.1, -0.05) is 5.16 Å². The molecule has 0 radical (unpaired) electrons. The third-order valence-corrected chi connectivity index (χ3v) is 1.71. The number of oxime groups is 1. The van der Waals surface area contributed by atoms with Crippen LogP contribution in [-0.4, -0.2) is 48.8 Å². The van der Waals surface area contributed by atoms with Gasteiger partial charge in [-0.3, -0.25) is 0 Å². The summed E-state index contributed by atoms with van der Waals surface area (Å²) in [6.07, 6.45) is -0.251. The number of hydrogen-bond acceptors (Lipinski definition) is 4. The fourth-order valence-electron chi connectivity index (χ4n) is 1.02. The fraction of sp³-hybridized carbons (Fsp3) is 0.833. The molecule has 0 bridgehead atoms. The lowest BCUT2D eigenvalue weighted by molar-refractivity contribution is 0.0153. The van der Waals surface area contributed by atoms with E-state index in [-0.39, 0.29) is 11.9 Å². The molecule has 1 rings (SSSR count). The van der Waals surface area contributed by atoms with E-state index in [4.69, 9.17) is 15.7 Å². The first kappa shape index (κ1) is 8.29. The Morgan fingerprint density at radius 1 is 1.82 bits per heavy atom. The molecule has 64 valence electrons. The summed E-state index contributed by atoms with van der Waals surface area (Å²) in [6, 6.07) is 0. The van der Waals surface area contributed by atoms with Gasteiger partial charge >= 0.3 is 0 Å². The van der Waals surface area contributed by atoms with Crippen molar-refractivity contribution >= 4 is 5.84 Å². The molecule has 0 aliphatic carbocycles. The minimum atomic E-state index is -0.251. The van der Waals surface area contributed by atoms with Gasteiger partial charge in [-0.05, 0) is 7.05 Å². The monoisotopic (exact) mass is 159 g/mol. The zero-order valence-electron chi connectivity index (χ0n) is 6.53. The van der Waals surface area contributed by atoms with E-state index >= 15 is 0 Å². The predicted octanol–water partition coefficient (Wildman–Crippen LogP) is -0.937. The highest BCUT2D eigenvalue weighted by Crippen LogP contribution is 2.02. The van der Waals surface area contributed by atoms with Crippen molar-refractivity contribution in [1.29, 1.82) is 0 Å². The number of nitrogens with two attached hydrogens (primary N) is 1. The maximum Gasteiger partial charge on any atom is 0.169 e. The molecule has 0 unspecified atom stereocenters. The summed E-state index contributed by atoms with van der Waals surface area (Å²) in [7, 11) is 1.97. The van der Waals surface area contributed by atoms with Gasteiger partial charge in [0, 0.05) is 13.1 Å². The van der Waals surface area contributed by atoms with Crippen LogP contribution in [0.15, 0.2) is 5.16 Å². The Balaban J connectivity index is 2.46. The largest absolute Gasteiger partial charge is 0.409 e. The Kier molecular flexibility index (Phi) is 2.67. The van der Waals surface area contributed by atoms with Crippen molar-refractivity contribution in [3.05, 3.63) is 0 Å².